The van der Waals surface area contributed by atoms with Crippen LogP contribution >= 0.6 is 0 Å². The molecule has 0 amide bonds. The van der Waals surface area contributed by atoms with Crippen molar-refractivity contribution < 1.29 is 78.5 Å². The molecule has 8 N–H and O–H groups in total. The van der Waals surface area contributed by atoms with E-state index >= 15 is 0 Å². The van der Waals surface area contributed by atoms with E-state index in [0.29, 0.717) is 5.56 Å². The molecule has 7 rings (SSSR count). The molecule has 10 atom stereocenters. The number of aliphatic hydroxyl groups is 5. The summed E-state index contributed by atoms with van der Waals surface area (Å²) in [5.41, 5.74) is -0.446. The molecule has 0 spiro atoms. The number of epoxide rings is 1. The van der Waals surface area contributed by atoms with Gasteiger partial charge in [-0.05, 0) is 48.0 Å². The van der Waals surface area contributed by atoms with Crippen LogP contribution in [0.1, 0.15) is 5.56 Å². The Morgan fingerprint density at radius 1 is 0.755 bits per heavy atom. The van der Waals surface area contributed by atoms with E-state index in [0.717, 1.165) is 12.1 Å². The molecular formula is C36H34O17. The van der Waals surface area contributed by atoms with Gasteiger partial charge >= 0.3 is 5.97 Å². The highest BCUT2D eigenvalue weighted by Crippen LogP contribution is 2.41. The van der Waals surface area contributed by atoms with E-state index in [-0.39, 0.29) is 34.2 Å². The lowest BCUT2D eigenvalue weighted by Gasteiger charge is -2.39. The summed E-state index contributed by atoms with van der Waals surface area (Å²) in [5, 5.41) is 82.2. The van der Waals surface area contributed by atoms with Crippen molar-refractivity contribution >= 4 is 23.0 Å². The van der Waals surface area contributed by atoms with Crippen LogP contribution in [0.4, 0.5) is 0 Å². The van der Waals surface area contributed by atoms with Gasteiger partial charge in [-0.1, -0.05) is 12.1 Å². The van der Waals surface area contributed by atoms with Crippen LogP contribution in [-0.4, -0.2) is 121 Å². The Morgan fingerprint density at radius 3 is 2.11 bits per heavy atom. The number of hydrogen-bond donors (Lipinski definition) is 8. The summed E-state index contributed by atoms with van der Waals surface area (Å²) in [6, 6.07) is 13.6. The fourth-order valence-corrected chi connectivity index (χ4v) is 6.04. The number of aromatic hydroxyl groups is 3. The molecule has 17 nitrogen and oxygen atoms in total. The molecule has 3 aliphatic rings. The number of phenols is 3. The first kappa shape index (κ1) is 36.1. The number of rotatable bonds is 10. The number of benzene rings is 3. The Labute approximate surface area is 298 Å². The molecule has 4 unspecified atom stereocenters. The SMILES string of the molecule is O=C(/C=C/c1ccc(O)cc1)OC[C@H]1O[C@@H](Oc2c(-c3ccc(O)cc3)oc3cc(O[C@@H]4OC(CO)[C@H]5O[C@@H]5C4O)cc(O)c3c2=O)C(O)C(O)[C@@H]1O. The molecule has 3 fully saturated rings. The predicted molar refractivity (Wildman–Crippen MR) is 178 cm³/mol. The summed E-state index contributed by atoms with van der Waals surface area (Å²) in [5.74, 6) is -2.57. The first-order valence-corrected chi connectivity index (χ1v) is 16.3. The molecule has 280 valence electrons. The normalized spacial score (nSPS) is 29.5. The molecule has 3 aliphatic heterocycles. The van der Waals surface area contributed by atoms with E-state index in [2.05, 4.69) is 0 Å². The highest BCUT2D eigenvalue weighted by molar-refractivity contribution is 5.88. The molecule has 4 heterocycles. The minimum Gasteiger partial charge on any atom is -0.508 e. The maximum atomic E-state index is 14.0. The zero-order valence-electron chi connectivity index (χ0n) is 27.4. The minimum absolute atomic E-state index is 0.0372. The minimum atomic E-state index is -1.95. The first-order chi connectivity index (χ1) is 25.4. The first-order valence-electron chi connectivity index (χ1n) is 16.3. The zero-order chi connectivity index (χ0) is 37.6. The molecular weight excluding hydrogens is 704 g/mol. The van der Waals surface area contributed by atoms with E-state index in [4.69, 9.17) is 32.8 Å². The molecule has 3 aromatic carbocycles. The van der Waals surface area contributed by atoms with Crippen LogP contribution in [0.5, 0.6) is 28.7 Å². The van der Waals surface area contributed by atoms with Crippen LogP contribution in [0.2, 0.25) is 0 Å². The molecule has 4 aromatic rings. The van der Waals surface area contributed by atoms with Crippen LogP contribution < -0.4 is 14.9 Å². The average molecular weight is 739 g/mol. The second-order valence-electron chi connectivity index (χ2n) is 12.5. The van der Waals surface area contributed by atoms with Crippen molar-refractivity contribution in [3.05, 3.63) is 82.5 Å². The van der Waals surface area contributed by atoms with E-state index in [1.807, 2.05) is 0 Å². The molecule has 3 saturated heterocycles. The van der Waals surface area contributed by atoms with Gasteiger partial charge < -0.3 is 73.7 Å². The molecule has 0 saturated carbocycles. The molecule has 17 heteroatoms. The van der Waals surface area contributed by atoms with Crippen molar-refractivity contribution in [1.29, 1.82) is 0 Å². The van der Waals surface area contributed by atoms with Crippen LogP contribution in [0.25, 0.3) is 28.4 Å². The largest absolute Gasteiger partial charge is 0.508 e. The van der Waals surface area contributed by atoms with Gasteiger partial charge in [0, 0.05) is 23.8 Å². The smallest absolute Gasteiger partial charge is 0.330 e. The standard InChI is InChI=1S/C36H34O17/c37-13-22-32-34(52-32)30(46)36(50-22)48-19-11-20(40)25-21(12-19)49-31(16-4-8-18(39)9-5-16)33(27(25)43)53-35-29(45)28(44)26(42)23(51-35)14-47-24(41)10-3-15-1-6-17(38)7-2-15/h1-12,22-23,26,28-30,32,34-40,42,44-46H,13-14H2/b10-3+/t22?,23-,26-,28?,29?,30?,32-,34-,35+,36-/m1/s1. The van der Waals surface area contributed by atoms with Gasteiger partial charge in [0.05, 0.1) is 6.61 Å². The highest BCUT2D eigenvalue weighted by atomic mass is 16.7. The fraction of sp³-hybridized carbons (Fsp3) is 0.333. The van der Waals surface area contributed by atoms with E-state index in [1.54, 1.807) is 12.1 Å². The average Bonchev–Trinajstić information content (AvgIpc) is 3.95. The molecule has 1 aromatic heterocycles. The van der Waals surface area contributed by atoms with E-state index in [1.165, 1.54) is 48.5 Å². The van der Waals surface area contributed by atoms with Gasteiger partial charge in [0.25, 0.3) is 0 Å². The number of ether oxygens (including phenoxy) is 6. The van der Waals surface area contributed by atoms with Crippen molar-refractivity contribution in [2.75, 3.05) is 13.2 Å². The lowest BCUT2D eigenvalue weighted by atomic mass is 9.99. The number of carbonyl (C=O) groups excluding carboxylic acids is 1. The van der Waals surface area contributed by atoms with Gasteiger partial charge in [-0.3, -0.25) is 4.79 Å². The number of esters is 1. The zero-order valence-corrected chi connectivity index (χ0v) is 27.4. The Balaban J connectivity index is 1.16. The number of carbonyl (C=O) groups is 1. The number of phenolic OH excluding ortho intramolecular Hbond substituents is 3. The summed E-state index contributed by atoms with van der Waals surface area (Å²) in [6.45, 7) is -1.01. The molecule has 0 bridgehead atoms. The topological polar surface area (TPSA) is 268 Å². The summed E-state index contributed by atoms with van der Waals surface area (Å²) < 4.78 is 39.5. The second-order valence-corrected chi connectivity index (χ2v) is 12.5. The van der Waals surface area contributed by atoms with Gasteiger partial charge in [0.15, 0.2) is 5.76 Å². The van der Waals surface area contributed by atoms with Gasteiger partial charge in [0.2, 0.25) is 23.8 Å². The van der Waals surface area contributed by atoms with Crippen LogP contribution in [0, 0.1) is 0 Å². The third-order valence-electron chi connectivity index (χ3n) is 8.92. The van der Waals surface area contributed by atoms with Crippen LogP contribution in [0.15, 0.2) is 76.0 Å². The summed E-state index contributed by atoms with van der Waals surface area (Å²) >= 11 is 0. The Hall–Kier alpha value is -5.24. The third-order valence-corrected chi connectivity index (χ3v) is 8.92. The molecule has 0 aliphatic carbocycles. The number of aliphatic hydroxyl groups excluding tert-OH is 5. The monoisotopic (exact) mass is 738 g/mol. The Kier molecular flexibility index (Phi) is 9.99. The predicted octanol–water partition coefficient (Wildman–Crippen LogP) is 0.244. The summed E-state index contributed by atoms with van der Waals surface area (Å²) in [7, 11) is 0. The Morgan fingerprint density at radius 2 is 1.42 bits per heavy atom. The van der Waals surface area contributed by atoms with Gasteiger partial charge in [-0.15, -0.1) is 0 Å². The molecule has 53 heavy (non-hydrogen) atoms. The summed E-state index contributed by atoms with van der Waals surface area (Å²) in [6.07, 6.45) is -10.9. The lowest BCUT2D eigenvalue weighted by molar-refractivity contribution is -0.278. The molecule has 0 radical (unpaired) electrons. The van der Waals surface area contributed by atoms with Crippen molar-refractivity contribution in [1.82, 2.24) is 0 Å². The lowest BCUT2D eigenvalue weighted by Crippen LogP contribution is -2.60. The van der Waals surface area contributed by atoms with Crippen LogP contribution in [0.3, 0.4) is 0 Å². The van der Waals surface area contributed by atoms with E-state index in [9.17, 15) is 50.4 Å². The van der Waals surface area contributed by atoms with Crippen molar-refractivity contribution in [2.45, 2.75) is 61.4 Å². The van der Waals surface area contributed by atoms with Gasteiger partial charge in [-0.2, -0.15) is 0 Å². The van der Waals surface area contributed by atoms with Crippen molar-refractivity contribution in [2.24, 2.45) is 0 Å². The fourth-order valence-electron chi connectivity index (χ4n) is 6.04. The maximum absolute atomic E-state index is 14.0. The summed E-state index contributed by atoms with van der Waals surface area (Å²) in [4.78, 5) is 26.4. The highest BCUT2D eigenvalue weighted by Gasteiger charge is 2.58. The third kappa shape index (κ3) is 7.37. The maximum Gasteiger partial charge on any atom is 0.330 e. The van der Waals surface area contributed by atoms with E-state index < -0.39 is 103 Å². The quantitative estimate of drug-likeness (QED) is 0.0615. The number of hydrogen-bond acceptors (Lipinski definition) is 17. The van der Waals surface area contributed by atoms with Gasteiger partial charge in [0.1, 0.15) is 89.4 Å². The van der Waals surface area contributed by atoms with Gasteiger partial charge in [-0.25, -0.2) is 4.79 Å². The second kappa shape index (κ2) is 14.6. The number of fused-ring (bicyclic) bond motifs is 2. The Bertz CT molecular complexity index is 2040. The van der Waals surface area contributed by atoms with Crippen molar-refractivity contribution in [3.63, 3.8) is 0 Å². The van der Waals surface area contributed by atoms with Crippen molar-refractivity contribution in [3.8, 4) is 40.1 Å². The van der Waals surface area contributed by atoms with Crippen LogP contribution in [-0.2, 0) is 23.7 Å².